The van der Waals surface area contributed by atoms with E-state index in [0.29, 0.717) is 17.4 Å². The molecule has 0 aromatic heterocycles. The topological polar surface area (TPSA) is 60.2 Å². The third-order valence-corrected chi connectivity index (χ3v) is 4.78. The SMILES string of the molecule is C=CCCCC(N)CC1CCS(=O)(=O)C1. The van der Waals surface area contributed by atoms with Gasteiger partial charge in [0.15, 0.2) is 9.84 Å². The Labute approximate surface area is 92.7 Å². The monoisotopic (exact) mass is 231 g/mol. The molecule has 0 radical (unpaired) electrons. The minimum absolute atomic E-state index is 0.156. The van der Waals surface area contributed by atoms with Crippen molar-refractivity contribution < 1.29 is 8.42 Å². The Kier molecular flexibility index (Phi) is 4.80. The van der Waals surface area contributed by atoms with E-state index in [-0.39, 0.29) is 6.04 Å². The fourth-order valence-corrected chi connectivity index (χ4v) is 4.01. The molecule has 2 atom stereocenters. The fourth-order valence-electron chi connectivity index (χ4n) is 2.13. The molecule has 0 amide bonds. The second-order valence-electron chi connectivity index (χ2n) is 4.48. The Morgan fingerprint density at radius 3 is 2.80 bits per heavy atom. The molecule has 0 aliphatic carbocycles. The van der Waals surface area contributed by atoms with E-state index in [1.165, 1.54) is 0 Å². The van der Waals surface area contributed by atoms with Crippen molar-refractivity contribution in [3.63, 3.8) is 0 Å². The molecule has 1 aliphatic heterocycles. The lowest BCUT2D eigenvalue weighted by molar-refractivity contribution is 0.445. The lowest BCUT2D eigenvalue weighted by atomic mass is 9.96. The summed E-state index contributed by atoms with van der Waals surface area (Å²) in [7, 11) is -2.74. The largest absolute Gasteiger partial charge is 0.328 e. The van der Waals surface area contributed by atoms with E-state index in [0.717, 1.165) is 32.1 Å². The van der Waals surface area contributed by atoms with Gasteiger partial charge in [-0.25, -0.2) is 8.42 Å². The molecule has 1 heterocycles. The first-order valence-corrected chi connectivity index (χ1v) is 7.42. The maximum atomic E-state index is 11.2. The van der Waals surface area contributed by atoms with Crippen LogP contribution >= 0.6 is 0 Å². The van der Waals surface area contributed by atoms with Gasteiger partial charge in [0.05, 0.1) is 11.5 Å². The summed E-state index contributed by atoms with van der Waals surface area (Å²) in [5.74, 6) is 1.01. The van der Waals surface area contributed by atoms with Crippen molar-refractivity contribution in [2.45, 2.75) is 38.1 Å². The Bertz CT molecular complexity index is 298. The Hall–Kier alpha value is -0.350. The molecule has 1 fully saturated rings. The van der Waals surface area contributed by atoms with Gasteiger partial charge in [0.2, 0.25) is 0 Å². The van der Waals surface area contributed by atoms with Crippen molar-refractivity contribution in [1.29, 1.82) is 0 Å². The highest BCUT2D eigenvalue weighted by Gasteiger charge is 2.28. The van der Waals surface area contributed by atoms with Crippen LogP contribution in [0.2, 0.25) is 0 Å². The number of hydrogen-bond donors (Lipinski definition) is 1. The summed E-state index contributed by atoms with van der Waals surface area (Å²) in [6.45, 7) is 3.66. The van der Waals surface area contributed by atoms with Crippen molar-refractivity contribution in [1.82, 2.24) is 0 Å². The van der Waals surface area contributed by atoms with Crippen LogP contribution in [0.25, 0.3) is 0 Å². The van der Waals surface area contributed by atoms with Crippen LogP contribution in [0.4, 0.5) is 0 Å². The van der Waals surface area contributed by atoms with E-state index >= 15 is 0 Å². The summed E-state index contributed by atoms with van der Waals surface area (Å²) in [6, 6.07) is 0.156. The summed E-state index contributed by atoms with van der Waals surface area (Å²) in [4.78, 5) is 0. The minimum atomic E-state index is -2.74. The van der Waals surface area contributed by atoms with Crippen molar-refractivity contribution in [3.8, 4) is 0 Å². The standard InChI is InChI=1S/C11H21NO2S/c1-2-3-4-5-11(12)8-10-6-7-15(13,14)9-10/h2,10-11H,1,3-9,12H2. The van der Waals surface area contributed by atoms with Gasteiger partial charge in [0, 0.05) is 6.04 Å². The lowest BCUT2D eigenvalue weighted by Crippen LogP contribution is -2.24. The van der Waals surface area contributed by atoms with Gasteiger partial charge in [0.1, 0.15) is 0 Å². The molecule has 0 aromatic carbocycles. The van der Waals surface area contributed by atoms with E-state index < -0.39 is 9.84 Å². The molecular weight excluding hydrogens is 210 g/mol. The van der Waals surface area contributed by atoms with Crippen molar-refractivity contribution in [2.24, 2.45) is 11.7 Å². The van der Waals surface area contributed by atoms with Crippen LogP contribution in [-0.2, 0) is 9.84 Å². The normalized spacial score (nSPS) is 26.3. The van der Waals surface area contributed by atoms with E-state index in [1.54, 1.807) is 0 Å². The van der Waals surface area contributed by atoms with Gasteiger partial charge in [-0.2, -0.15) is 0 Å². The second-order valence-corrected chi connectivity index (χ2v) is 6.71. The zero-order chi connectivity index (χ0) is 11.3. The van der Waals surface area contributed by atoms with Gasteiger partial charge in [-0.1, -0.05) is 6.08 Å². The number of sulfone groups is 1. The molecule has 0 spiro atoms. The predicted molar refractivity (Wildman–Crippen MR) is 63.4 cm³/mol. The van der Waals surface area contributed by atoms with Crippen LogP contribution in [-0.4, -0.2) is 26.0 Å². The number of allylic oxidation sites excluding steroid dienone is 1. The molecule has 2 N–H and O–H groups in total. The van der Waals surface area contributed by atoms with Crippen molar-refractivity contribution in [2.75, 3.05) is 11.5 Å². The van der Waals surface area contributed by atoms with Crippen molar-refractivity contribution in [3.05, 3.63) is 12.7 Å². The second kappa shape index (κ2) is 5.66. The zero-order valence-electron chi connectivity index (χ0n) is 9.19. The first kappa shape index (κ1) is 12.7. The first-order chi connectivity index (χ1) is 7.03. The number of hydrogen-bond acceptors (Lipinski definition) is 3. The van der Waals surface area contributed by atoms with Gasteiger partial charge in [-0.15, -0.1) is 6.58 Å². The molecule has 3 nitrogen and oxygen atoms in total. The molecule has 1 rings (SSSR count). The molecule has 0 aromatic rings. The lowest BCUT2D eigenvalue weighted by Gasteiger charge is -2.14. The van der Waals surface area contributed by atoms with Gasteiger partial charge in [-0.05, 0) is 38.0 Å². The van der Waals surface area contributed by atoms with Crippen LogP contribution in [0.1, 0.15) is 32.1 Å². The average Bonchev–Trinajstić information content (AvgIpc) is 2.46. The van der Waals surface area contributed by atoms with Gasteiger partial charge >= 0.3 is 0 Å². The summed E-state index contributed by atoms with van der Waals surface area (Å²) in [6.07, 6.45) is 6.59. The van der Waals surface area contributed by atoms with E-state index in [4.69, 9.17) is 5.73 Å². The highest BCUT2D eigenvalue weighted by atomic mass is 32.2. The van der Waals surface area contributed by atoms with Gasteiger partial charge in [0.25, 0.3) is 0 Å². The smallest absolute Gasteiger partial charge is 0.150 e. The summed E-state index contributed by atoms with van der Waals surface area (Å²) >= 11 is 0. The molecule has 1 saturated heterocycles. The molecular formula is C11H21NO2S. The molecule has 88 valence electrons. The number of rotatable bonds is 6. The number of unbranched alkanes of at least 4 members (excludes halogenated alkanes) is 1. The molecule has 2 unspecified atom stereocenters. The Balaban J connectivity index is 2.21. The third kappa shape index (κ3) is 4.80. The maximum absolute atomic E-state index is 11.2. The van der Waals surface area contributed by atoms with Crippen LogP contribution < -0.4 is 5.73 Å². The summed E-state index contributed by atoms with van der Waals surface area (Å²) in [5.41, 5.74) is 5.95. The van der Waals surface area contributed by atoms with E-state index in [2.05, 4.69) is 6.58 Å². The van der Waals surface area contributed by atoms with Gasteiger partial charge < -0.3 is 5.73 Å². The Morgan fingerprint density at radius 2 is 2.27 bits per heavy atom. The van der Waals surface area contributed by atoms with Gasteiger partial charge in [-0.3, -0.25) is 0 Å². The molecule has 15 heavy (non-hydrogen) atoms. The highest BCUT2D eigenvalue weighted by molar-refractivity contribution is 7.91. The highest BCUT2D eigenvalue weighted by Crippen LogP contribution is 2.23. The quantitative estimate of drug-likeness (QED) is 0.556. The van der Waals surface area contributed by atoms with Crippen LogP contribution in [0, 0.1) is 5.92 Å². The molecule has 0 saturated carbocycles. The first-order valence-electron chi connectivity index (χ1n) is 5.60. The van der Waals surface area contributed by atoms with Crippen LogP contribution in [0.3, 0.4) is 0 Å². The minimum Gasteiger partial charge on any atom is -0.328 e. The van der Waals surface area contributed by atoms with E-state index in [1.807, 2.05) is 6.08 Å². The van der Waals surface area contributed by atoms with Crippen LogP contribution in [0.5, 0.6) is 0 Å². The summed E-state index contributed by atoms with van der Waals surface area (Å²) in [5, 5.41) is 0. The number of nitrogens with two attached hydrogens (primary N) is 1. The molecule has 4 heteroatoms. The molecule has 1 aliphatic rings. The fraction of sp³-hybridized carbons (Fsp3) is 0.818. The third-order valence-electron chi connectivity index (χ3n) is 2.95. The Morgan fingerprint density at radius 1 is 1.53 bits per heavy atom. The predicted octanol–water partition coefficient (Wildman–Crippen LogP) is 1.49. The summed E-state index contributed by atoms with van der Waals surface area (Å²) < 4.78 is 22.5. The van der Waals surface area contributed by atoms with Crippen molar-refractivity contribution >= 4 is 9.84 Å². The van der Waals surface area contributed by atoms with Crippen LogP contribution in [0.15, 0.2) is 12.7 Å². The molecule has 0 bridgehead atoms. The maximum Gasteiger partial charge on any atom is 0.150 e. The zero-order valence-corrected chi connectivity index (χ0v) is 10.0. The average molecular weight is 231 g/mol. The van der Waals surface area contributed by atoms with E-state index in [9.17, 15) is 8.42 Å².